The van der Waals surface area contributed by atoms with Gasteiger partial charge in [-0.1, -0.05) is 50.5 Å². The van der Waals surface area contributed by atoms with E-state index in [0.717, 1.165) is 64.2 Å². The lowest BCUT2D eigenvalue weighted by atomic mass is 10.1. The maximum Gasteiger partial charge on any atom is 0.303 e. The third-order valence-corrected chi connectivity index (χ3v) is 3.41. The van der Waals surface area contributed by atoms with E-state index in [-0.39, 0.29) is 6.10 Å². The van der Waals surface area contributed by atoms with Crippen LogP contribution < -0.4 is 0 Å². The molecule has 0 aliphatic carbocycles. The largest absolute Gasteiger partial charge is 0.481 e. The van der Waals surface area contributed by atoms with Gasteiger partial charge in [0.2, 0.25) is 0 Å². The molecular weight excluding hydrogens is 264 g/mol. The van der Waals surface area contributed by atoms with Crippen LogP contribution in [0.25, 0.3) is 0 Å². The molecule has 0 aromatic carbocycles. The van der Waals surface area contributed by atoms with Crippen molar-refractivity contribution in [2.45, 2.75) is 83.7 Å². The van der Waals surface area contributed by atoms with Crippen LogP contribution in [0.3, 0.4) is 0 Å². The summed E-state index contributed by atoms with van der Waals surface area (Å²) in [7, 11) is 0. The van der Waals surface area contributed by atoms with E-state index in [1.54, 1.807) is 0 Å². The summed E-state index contributed by atoms with van der Waals surface area (Å²) in [6.45, 7) is 2.11. The van der Waals surface area contributed by atoms with Crippen LogP contribution in [0, 0.1) is 0 Å². The van der Waals surface area contributed by atoms with E-state index in [4.69, 9.17) is 5.11 Å². The Labute approximate surface area is 129 Å². The van der Waals surface area contributed by atoms with Gasteiger partial charge in [-0.15, -0.1) is 0 Å². The molecule has 0 heterocycles. The van der Waals surface area contributed by atoms with Crippen molar-refractivity contribution in [3.8, 4) is 0 Å². The van der Waals surface area contributed by atoms with Gasteiger partial charge in [0.25, 0.3) is 0 Å². The summed E-state index contributed by atoms with van der Waals surface area (Å²) in [4.78, 5) is 10.3. The number of hydrogen-bond acceptors (Lipinski definition) is 2. The average Bonchev–Trinajstić information content (AvgIpc) is 2.45. The second kappa shape index (κ2) is 15.3. The van der Waals surface area contributed by atoms with Crippen molar-refractivity contribution in [3.05, 3.63) is 24.3 Å². The van der Waals surface area contributed by atoms with Crippen LogP contribution in [0.5, 0.6) is 0 Å². The van der Waals surface area contributed by atoms with Gasteiger partial charge in [0.15, 0.2) is 0 Å². The molecular formula is C18H32O3. The van der Waals surface area contributed by atoms with E-state index in [1.807, 2.05) is 0 Å². The summed E-state index contributed by atoms with van der Waals surface area (Å²) >= 11 is 0. The topological polar surface area (TPSA) is 57.5 Å². The van der Waals surface area contributed by atoms with Crippen LogP contribution in [0.1, 0.15) is 77.6 Å². The summed E-state index contributed by atoms with van der Waals surface area (Å²) in [5, 5.41) is 18.3. The molecule has 0 rings (SSSR count). The number of unbranched alkanes of at least 4 members (excludes halogenated alkanes) is 5. The third kappa shape index (κ3) is 16.9. The molecule has 0 aliphatic rings. The zero-order valence-electron chi connectivity index (χ0n) is 13.5. The van der Waals surface area contributed by atoms with Crippen molar-refractivity contribution in [2.24, 2.45) is 0 Å². The van der Waals surface area contributed by atoms with Crippen molar-refractivity contribution in [2.75, 3.05) is 0 Å². The number of carbonyl (C=O) groups is 1. The molecule has 0 saturated carbocycles. The van der Waals surface area contributed by atoms with E-state index in [2.05, 4.69) is 31.2 Å². The molecule has 1 atom stereocenters. The van der Waals surface area contributed by atoms with E-state index < -0.39 is 5.97 Å². The molecule has 122 valence electrons. The predicted molar refractivity (Wildman–Crippen MR) is 88.4 cm³/mol. The highest BCUT2D eigenvalue weighted by molar-refractivity contribution is 5.66. The summed E-state index contributed by atoms with van der Waals surface area (Å²) < 4.78 is 0. The molecule has 0 radical (unpaired) electrons. The second-order valence-corrected chi connectivity index (χ2v) is 5.52. The molecule has 21 heavy (non-hydrogen) atoms. The Bertz CT molecular complexity index is 295. The van der Waals surface area contributed by atoms with Gasteiger partial charge in [-0.05, 0) is 44.9 Å². The molecule has 0 aromatic heterocycles. The molecule has 0 saturated heterocycles. The highest BCUT2D eigenvalue weighted by atomic mass is 16.4. The van der Waals surface area contributed by atoms with Crippen molar-refractivity contribution in [1.82, 2.24) is 0 Å². The monoisotopic (exact) mass is 296 g/mol. The summed E-state index contributed by atoms with van der Waals surface area (Å²) in [6.07, 6.45) is 18.5. The van der Waals surface area contributed by atoms with Crippen molar-refractivity contribution < 1.29 is 15.0 Å². The lowest BCUT2D eigenvalue weighted by Crippen LogP contribution is -2.03. The third-order valence-electron chi connectivity index (χ3n) is 3.41. The number of aliphatic hydroxyl groups excluding tert-OH is 1. The first kappa shape index (κ1) is 19.9. The van der Waals surface area contributed by atoms with E-state index in [0.29, 0.717) is 6.42 Å². The highest BCUT2D eigenvalue weighted by Gasteiger charge is 1.99. The van der Waals surface area contributed by atoms with Crippen LogP contribution in [-0.2, 0) is 4.79 Å². The summed E-state index contributed by atoms with van der Waals surface area (Å²) in [5.41, 5.74) is 0. The summed E-state index contributed by atoms with van der Waals surface area (Å²) in [6, 6.07) is 0. The number of hydrogen-bond donors (Lipinski definition) is 2. The van der Waals surface area contributed by atoms with Crippen LogP contribution in [0.2, 0.25) is 0 Å². The van der Waals surface area contributed by atoms with Gasteiger partial charge in [-0.3, -0.25) is 4.79 Å². The highest BCUT2D eigenvalue weighted by Crippen LogP contribution is 2.09. The Kier molecular flexibility index (Phi) is 14.5. The Balaban J connectivity index is 3.31. The van der Waals surface area contributed by atoms with Crippen molar-refractivity contribution >= 4 is 5.97 Å². The second-order valence-electron chi connectivity index (χ2n) is 5.52. The van der Waals surface area contributed by atoms with Crippen LogP contribution in [0.4, 0.5) is 0 Å². The minimum Gasteiger partial charge on any atom is -0.481 e. The Morgan fingerprint density at radius 1 is 0.952 bits per heavy atom. The lowest BCUT2D eigenvalue weighted by Gasteiger charge is -2.05. The molecule has 0 fully saturated rings. The zero-order chi connectivity index (χ0) is 15.8. The number of allylic oxidation sites excluding steroid dienone is 3. The van der Waals surface area contributed by atoms with Gasteiger partial charge in [0, 0.05) is 6.42 Å². The van der Waals surface area contributed by atoms with Gasteiger partial charge >= 0.3 is 5.97 Å². The van der Waals surface area contributed by atoms with Crippen LogP contribution in [-0.4, -0.2) is 22.3 Å². The molecule has 0 amide bonds. The van der Waals surface area contributed by atoms with Crippen molar-refractivity contribution in [3.63, 3.8) is 0 Å². The normalized spacial score (nSPS) is 13.2. The van der Waals surface area contributed by atoms with E-state index in [9.17, 15) is 9.90 Å². The number of carboxylic acid groups (broad SMARTS) is 1. The fourth-order valence-corrected chi connectivity index (χ4v) is 2.13. The molecule has 0 aromatic rings. The fourth-order valence-electron chi connectivity index (χ4n) is 2.13. The Hall–Kier alpha value is -1.09. The van der Waals surface area contributed by atoms with Crippen molar-refractivity contribution in [1.29, 1.82) is 0 Å². The maximum absolute atomic E-state index is 10.3. The van der Waals surface area contributed by atoms with Crippen LogP contribution >= 0.6 is 0 Å². The quantitative estimate of drug-likeness (QED) is 0.355. The first-order chi connectivity index (χ1) is 10.2. The van der Waals surface area contributed by atoms with E-state index in [1.165, 1.54) is 0 Å². The first-order valence-corrected chi connectivity index (χ1v) is 8.36. The zero-order valence-corrected chi connectivity index (χ0v) is 13.5. The van der Waals surface area contributed by atoms with Gasteiger partial charge < -0.3 is 10.2 Å². The maximum atomic E-state index is 10.3. The summed E-state index contributed by atoms with van der Waals surface area (Å²) in [5.74, 6) is -0.693. The molecule has 0 spiro atoms. The van der Waals surface area contributed by atoms with E-state index >= 15 is 0 Å². The molecule has 0 bridgehead atoms. The van der Waals surface area contributed by atoms with Gasteiger partial charge in [0.05, 0.1) is 6.10 Å². The molecule has 1 unspecified atom stereocenters. The van der Waals surface area contributed by atoms with Gasteiger partial charge in [-0.25, -0.2) is 0 Å². The number of rotatable bonds is 14. The molecule has 3 heteroatoms. The minimum absolute atomic E-state index is 0.223. The van der Waals surface area contributed by atoms with Gasteiger partial charge in [-0.2, -0.15) is 0 Å². The SMILES string of the molecule is CCC=CCCC(O)C/C=C\CCCCCCCC(=O)O. The first-order valence-electron chi connectivity index (χ1n) is 8.36. The van der Waals surface area contributed by atoms with Gasteiger partial charge in [0.1, 0.15) is 0 Å². The van der Waals surface area contributed by atoms with Crippen LogP contribution in [0.15, 0.2) is 24.3 Å². The minimum atomic E-state index is -0.693. The fraction of sp³-hybridized carbons (Fsp3) is 0.722. The molecule has 2 N–H and O–H groups in total. The molecule has 0 aliphatic heterocycles. The average molecular weight is 296 g/mol. The Morgan fingerprint density at radius 2 is 1.62 bits per heavy atom. The lowest BCUT2D eigenvalue weighted by molar-refractivity contribution is -0.137. The number of aliphatic hydroxyl groups is 1. The number of aliphatic carboxylic acids is 1. The number of carboxylic acids is 1. The molecule has 3 nitrogen and oxygen atoms in total. The standard InChI is InChI=1S/C18H32O3/c1-2-3-4-11-14-17(19)15-12-9-7-5-6-8-10-13-16-18(20)21/h3-4,9,12,17,19H,2,5-8,10-11,13-16H2,1H3,(H,20,21)/b4-3?,12-9-. The predicted octanol–water partition coefficient (Wildman–Crippen LogP) is 4.86. The smallest absolute Gasteiger partial charge is 0.303 e. The Morgan fingerprint density at radius 3 is 2.33 bits per heavy atom.